The first-order valence-electron chi connectivity index (χ1n) is 7.14. The maximum atomic E-state index is 8.82. The van der Waals surface area contributed by atoms with Crippen molar-refractivity contribution >= 4 is 0 Å². The maximum absolute atomic E-state index is 8.82. The molecule has 3 heterocycles. The fourth-order valence-corrected chi connectivity index (χ4v) is 3.17. The van der Waals surface area contributed by atoms with Crippen LogP contribution in [0, 0.1) is 11.3 Å². The number of piperidine rings is 1. The second-order valence-electron chi connectivity index (χ2n) is 5.40. The number of ether oxygens (including phenoxy) is 1. The van der Waals surface area contributed by atoms with Gasteiger partial charge in [-0.25, -0.2) is 0 Å². The van der Waals surface area contributed by atoms with E-state index in [9.17, 15) is 0 Å². The number of nitrogens with zero attached hydrogens (tertiary/aromatic N) is 4. The third kappa shape index (κ3) is 2.80. The van der Waals surface area contributed by atoms with E-state index in [-0.39, 0.29) is 0 Å². The van der Waals surface area contributed by atoms with E-state index in [2.05, 4.69) is 16.1 Å². The third-order valence-electron chi connectivity index (χ3n) is 4.30. The summed E-state index contributed by atoms with van der Waals surface area (Å²) in [7, 11) is 0. The molecule has 0 radical (unpaired) electrons. The van der Waals surface area contributed by atoms with Crippen molar-refractivity contribution in [2.24, 2.45) is 0 Å². The Balaban J connectivity index is 1.55. The lowest BCUT2D eigenvalue weighted by Crippen LogP contribution is -2.44. The van der Waals surface area contributed by atoms with E-state index < -0.39 is 0 Å². The van der Waals surface area contributed by atoms with Crippen LogP contribution in [0.3, 0.4) is 0 Å². The molecule has 5 heteroatoms. The molecule has 2 aliphatic heterocycles. The van der Waals surface area contributed by atoms with Gasteiger partial charge in [0.25, 0.3) is 0 Å². The number of likely N-dealkylation sites (tertiary alicyclic amines) is 1. The standard InChI is InChI=1S/C14H20N4O/c15-11-12-1-8-18(16-12)14-2-6-17(7-3-14)13-4-9-19-10-5-13/h1,8,13-14H,2-7,9-10H2. The van der Waals surface area contributed by atoms with Crippen molar-refractivity contribution in [3.05, 3.63) is 18.0 Å². The highest BCUT2D eigenvalue weighted by Crippen LogP contribution is 2.25. The summed E-state index contributed by atoms with van der Waals surface area (Å²) in [5.41, 5.74) is 0.520. The summed E-state index contributed by atoms with van der Waals surface area (Å²) in [4.78, 5) is 2.60. The van der Waals surface area contributed by atoms with Crippen LogP contribution in [0.2, 0.25) is 0 Å². The van der Waals surface area contributed by atoms with Crippen molar-refractivity contribution in [1.29, 1.82) is 5.26 Å². The third-order valence-corrected chi connectivity index (χ3v) is 4.30. The molecule has 0 N–H and O–H groups in total. The molecule has 2 saturated heterocycles. The van der Waals surface area contributed by atoms with Gasteiger partial charge in [-0.05, 0) is 31.7 Å². The fourth-order valence-electron chi connectivity index (χ4n) is 3.17. The van der Waals surface area contributed by atoms with Crippen molar-refractivity contribution in [1.82, 2.24) is 14.7 Å². The molecule has 0 bridgehead atoms. The predicted octanol–water partition coefficient (Wildman–Crippen LogP) is 1.57. The van der Waals surface area contributed by atoms with Crippen LogP contribution in [0.1, 0.15) is 37.4 Å². The van der Waals surface area contributed by atoms with Gasteiger partial charge in [-0.15, -0.1) is 0 Å². The lowest BCUT2D eigenvalue weighted by molar-refractivity contribution is 0.0212. The van der Waals surface area contributed by atoms with Crippen LogP contribution >= 0.6 is 0 Å². The van der Waals surface area contributed by atoms with E-state index in [1.807, 2.05) is 10.9 Å². The minimum Gasteiger partial charge on any atom is -0.381 e. The molecule has 3 rings (SSSR count). The molecule has 2 aliphatic rings. The molecule has 0 saturated carbocycles. The van der Waals surface area contributed by atoms with Gasteiger partial charge in [0.05, 0.1) is 6.04 Å². The number of rotatable bonds is 2. The van der Waals surface area contributed by atoms with Crippen LogP contribution in [0.4, 0.5) is 0 Å². The molecule has 1 aromatic heterocycles. The molecule has 1 aromatic rings. The largest absolute Gasteiger partial charge is 0.381 e. The van der Waals surface area contributed by atoms with Crippen LogP contribution in [0.15, 0.2) is 12.3 Å². The molecule has 0 unspecified atom stereocenters. The van der Waals surface area contributed by atoms with Gasteiger partial charge in [0, 0.05) is 38.5 Å². The molecule has 2 fully saturated rings. The van der Waals surface area contributed by atoms with Crippen LogP contribution < -0.4 is 0 Å². The van der Waals surface area contributed by atoms with Gasteiger partial charge in [-0.2, -0.15) is 10.4 Å². The number of aromatic nitrogens is 2. The summed E-state index contributed by atoms with van der Waals surface area (Å²) in [5, 5.41) is 13.1. The molecule has 0 aliphatic carbocycles. The van der Waals surface area contributed by atoms with Crippen molar-refractivity contribution in [3.8, 4) is 6.07 Å². The summed E-state index contributed by atoms with van der Waals surface area (Å²) < 4.78 is 7.40. The number of nitriles is 1. The molecule has 0 atom stereocenters. The highest BCUT2D eigenvalue weighted by molar-refractivity contribution is 5.16. The quantitative estimate of drug-likeness (QED) is 0.810. The Morgan fingerprint density at radius 2 is 1.89 bits per heavy atom. The molecular formula is C14H20N4O. The Kier molecular flexibility index (Phi) is 3.81. The van der Waals surface area contributed by atoms with Gasteiger partial charge in [0.1, 0.15) is 6.07 Å². The fraction of sp³-hybridized carbons (Fsp3) is 0.714. The van der Waals surface area contributed by atoms with Gasteiger partial charge >= 0.3 is 0 Å². The van der Waals surface area contributed by atoms with Gasteiger partial charge in [-0.3, -0.25) is 4.68 Å². The van der Waals surface area contributed by atoms with Gasteiger partial charge in [0.2, 0.25) is 0 Å². The van der Waals surface area contributed by atoms with Crippen LogP contribution in [-0.4, -0.2) is 47.0 Å². The Labute approximate surface area is 113 Å². The first kappa shape index (κ1) is 12.6. The minimum absolute atomic E-state index is 0.457. The zero-order valence-corrected chi connectivity index (χ0v) is 11.2. The first-order chi connectivity index (χ1) is 9.36. The van der Waals surface area contributed by atoms with Gasteiger partial charge < -0.3 is 9.64 Å². The Hall–Kier alpha value is -1.38. The molecule has 0 amide bonds. The van der Waals surface area contributed by atoms with E-state index in [4.69, 9.17) is 10.00 Å². The smallest absolute Gasteiger partial charge is 0.162 e. The van der Waals surface area contributed by atoms with Crippen molar-refractivity contribution < 1.29 is 4.74 Å². The summed E-state index contributed by atoms with van der Waals surface area (Å²) in [6.07, 6.45) is 6.54. The summed E-state index contributed by atoms with van der Waals surface area (Å²) in [6.45, 7) is 4.10. The average Bonchev–Trinajstić information content (AvgIpc) is 2.97. The van der Waals surface area contributed by atoms with E-state index in [0.29, 0.717) is 17.8 Å². The number of hydrogen-bond acceptors (Lipinski definition) is 4. The highest BCUT2D eigenvalue weighted by Gasteiger charge is 2.27. The summed E-state index contributed by atoms with van der Waals surface area (Å²) in [5.74, 6) is 0. The minimum atomic E-state index is 0.457. The predicted molar refractivity (Wildman–Crippen MR) is 70.6 cm³/mol. The molecule has 0 spiro atoms. The summed E-state index contributed by atoms with van der Waals surface area (Å²) in [6, 6.07) is 5.05. The Morgan fingerprint density at radius 1 is 1.16 bits per heavy atom. The Morgan fingerprint density at radius 3 is 2.53 bits per heavy atom. The van der Waals surface area contributed by atoms with Crippen LogP contribution in [-0.2, 0) is 4.74 Å². The normalized spacial score (nSPS) is 23.3. The molecule has 5 nitrogen and oxygen atoms in total. The van der Waals surface area contributed by atoms with E-state index in [0.717, 1.165) is 39.1 Å². The lowest BCUT2D eigenvalue weighted by Gasteiger charge is -2.39. The van der Waals surface area contributed by atoms with E-state index in [1.54, 1.807) is 6.07 Å². The molecule has 0 aromatic carbocycles. The second kappa shape index (κ2) is 5.72. The zero-order chi connectivity index (χ0) is 13.1. The first-order valence-corrected chi connectivity index (χ1v) is 7.14. The van der Waals surface area contributed by atoms with Crippen molar-refractivity contribution in [2.75, 3.05) is 26.3 Å². The van der Waals surface area contributed by atoms with Crippen molar-refractivity contribution in [3.63, 3.8) is 0 Å². The number of hydrogen-bond donors (Lipinski definition) is 0. The SMILES string of the molecule is N#Cc1ccn(C2CCN(C3CCOCC3)CC2)n1. The maximum Gasteiger partial charge on any atom is 0.162 e. The van der Waals surface area contributed by atoms with Gasteiger partial charge in [0.15, 0.2) is 5.69 Å². The second-order valence-corrected chi connectivity index (χ2v) is 5.40. The van der Waals surface area contributed by atoms with E-state index in [1.165, 1.54) is 12.8 Å². The molecular weight excluding hydrogens is 240 g/mol. The monoisotopic (exact) mass is 260 g/mol. The summed E-state index contributed by atoms with van der Waals surface area (Å²) >= 11 is 0. The van der Waals surface area contributed by atoms with Gasteiger partial charge in [-0.1, -0.05) is 0 Å². The average molecular weight is 260 g/mol. The zero-order valence-electron chi connectivity index (χ0n) is 11.2. The van der Waals surface area contributed by atoms with Crippen LogP contribution in [0.5, 0.6) is 0 Å². The Bertz CT molecular complexity index is 450. The topological polar surface area (TPSA) is 54.1 Å². The van der Waals surface area contributed by atoms with E-state index >= 15 is 0 Å². The molecule has 102 valence electrons. The van der Waals surface area contributed by atoms with Crippen LogP contribution in [0.25, 0.3) is 0 Å². The highest BCUT2D eigenvalue weighted by atomic mass is 16.5. The lowest BCUT2D eigenvalue weighted by atomic mass is 10.00. The molecule has 19 heavy (non-hydrogen) atoms. The van der Waals surface area contributed by atoms with Crippen molar-refractivity contribution in [2.45, 2.75) is 37.8 Å².